The lowest BCUT2D eigenvalue weighted by atomic mass is 10.3. The highest BCUT2D eigenvalue weighted by atomic mass is 32.1. The summed E-state index contributed by atoms with van der Waals surface area (Å²) in [6.45, 7) is 2.68. The Bertz CT molecular complexity index is 1030. The summed E-state index contributed by atoms with van der Waals surface area (Å²) < 4.78 is 20.4. The van der Waals surface area contributed by atoms with Crippen molar-refractivity contribution in [2.75, 3.05) is 31.2 Å². The number of hydrazine groups is 1. The van der Waals surface area contributed by atoms with Crippen LogP contribution in [0.1, 0.15) is 21.0 Å². The molecule has 1 fully saturated rings. The molecule has 3 heterocycles. The molecule has 11 heteroatoms. The standard InChI is InChI=1S/C18H17FN6O3S/c19-12-3-1-2-4-15(12)25-6-5-13(23-25)16(26)21-22-17(27)14-11-29-18(20-14)24-7-9-28-10-8-24/h1-6,11H,7-10H2,(H,21,26)(H,22,27). The molecule has 1 aromatic carbocycles. The summed E-state index contributed by atoms with van der Waals surface area (Å²) in [5.74, 6) is -1.63. The van der Waals surface area contributed by atoms with Crippen molar-refractivity contribution >= 4 is 28.3 Å². The topological polar surface area (TPSA) is 101 Å². The molecule has 1 saturated heterocycles. The number of anilines is 1. The van der Waals surface area contributed by atoms with Crippen molar-refractivity contribution in [2.24, 2.45) is 0 Å². The predicted molar refractivity (Wildman–Crippen MR) is 104 cm³/mol. The number of ether oxygens (including phenoxy) is 1. The molecular weight excluding hydrogens is 399 g/mol. The second kappa shape index (κ2) is 8.37. The molecule has 0 saturated carbocycles. The number of hydrogen-bond acceptors (Lipinski definition) is 7. The summed E-state index contributed by atoms with van der Waals surface area (Å²) in [4.78, 5) is 30.8. The highest BCUT2D eigenvalue weighted by Crippen LogP contribution is 2.21. The zero-order valence-corrected chi connectivity index (χ0v) is 16.0. The lowest BCUT2D eigenvalue weighted by Gasteiger charge is -2.25. The number of amides is 2. The van der Waals surface area contributed by atoms with Gasteiger partial charge in [0, 0.05) is 24.7 Å². The summed E-state index contributed by atoms with van der Waals surface area (Å²) in [7, 11) is 0. The Morgan fingerprint density at radius 2 is 1.79 bits per heavy atom. The van der Waals surface area contributed by atoms with Crippen LogP contribution in [0.3, 0.4) is 0 Å². The van der Waals surface area contributed by atoms with Crippen LogP contribution in [0.5, 0.6) is 0 Å². The molecule has 0 bridgehead atoms. The maximum absolute atomic E-state index is 13.8. The minimum atomic E-state index is -0.628. The van der Waals surface area contributed by atoms with E-state index in [1.807, 2.05) is 4.90 Å². The van der Waals surface area contributed by atoms with Gasteiger partial charge in [-0.3, -0.25) is 20.4 Å². The number of para-hydroxylation sites is 1. The normalized spacial score (nSPS) is 13.9. The Kier molecular flexibility index (Phi) is 5.49. The van der Waals surface area contributed by atoms with E-state index in [-0.39, 0.29) is 17.1 Å². The van der Waals surface area contributed by atoms with E-state index in [0.717, 1.165) is 18.2 Å². The van der Waals surface area contributed by atoms with Gasteiger partial charge in [-0.2, -0.15) is 5.10 Å². The van der Waals surface area contributed by atoms with E-state index in [1.165, 1.54) is 34.3 Å². The maximum Gasteiger partial charge on any atom is 0.290 e. The number of rotatable bonds is 4. The van der Waals surface area contributed by atoms with Crippen molar-refractivity contribution in [2.45, 2.75) is 0 Å². The molecule has 29 heavy (non-hydrogen) atoms. The molecule has 2 aromatic heterocycles. The zero-order chi connectivity index (χ0) is 20.2. The van der Waals surface area contributed by atoms with Gasteiger partial charge in [0.25, 0.3) is 11.8 Å². The van der Waals surface area contributed by atoms with Crippen molar-refractivity contribution in [1.82, 2.24) is 25.6 Å². The molecule has 0 radical (unpaired) electrons. The van der Waals surface area contributed by atoms with Crippen LogP contribution >= 0.6 is 11.3 Å². The molecule has 0 unspecified atom stereocenters. The maximum atomic E-state index is 13.8. The van der Waals surface area contributed by atoms with Gasteiger partial charge in [-0.25, -0.2) is 14.1 Å². The van der Waals surface area contributed by atoms with Gasteiger partial charge >= 0.3 is 0 Å². The first-order chi connectivity index (χ1) is 14.1. The Morgan fingerprint density at radius 1 is 1.07 bits per heavy atom. The monoisotopic (exact) mass is 416 g/mol. The van der Waals surface area contributed by atoms with Crippen LogP contribution in [-0.2, 0) is 4.74 Å². The summed E-state index contributed by atoms with van der Waals surface area (Å²) >= 11 is 1.35. The first kappa shape index (κ1) is 19.0. The third-order valence-electron chi connectivity index (χ3n) is 4.22. The Morgan fingerprint density at radius 3 is 2.55 bits per heavy atom. The van der Waals surface area contributed by atoms with Gasteiger partial charge < -0.3 is 9.64 Å². The van der Waals surface area contributed by atoms with E-state index in [4.69, 9.17) is 4.74 Å². The molecule has 4 rings (SSSR count). The number of thiazole rings is 1. The average Bonchev–Trinajstić information content (AvgIpc) is 3.43. The molecule has 0 aliphatic carbocycles. The molecule has 2 amide bonds. The minimum absolute atomic E-state index is 0.0286. The predicted octanol–water partition coefficient (Wildman–Crippen LogP) is 1.38. The van der Waals surface area contributed by atoms with Crippen molar-refractivity contribution in [3.05, 3.63) is 59.1 Å². The van der Waals surface area contributed by atoms with E-state index in [2.05, 4.69) is 20.9 Å². The summed E-state index contributed by atoms with van der Waals surface area (Å²) in [5, 5.41) is 6.39. The molecule has 3 aromatic rings. The Hall–Kier alpha value is -3.31. The van der Waals surface area contributed by atoms with Crippen LogP contribution in [-0.4, -0.2) is 52.9 Å². The number of carbonyl (C=O) groups is 2. The van der Waals surface area contributed by atoms with Gasteiger partial charge in [0.1, 0.15) is 17.2 Å². The summed E-state index contributed by atoms with van der Waals surface area (Å²) in [6.07, 6.45) is 1.46. The van der Waals surface area contributed by atoms with E-state index >= 15 is 0 Å². The number of halogens is 1. The number of nitrogens with zero attached hydrogens (tertiary/aromatic N) is 4. The number of benzene rings is 1. The van der Waals surface area contributed by atoms with Gasteiger partial charge in [-0.1, -0.05) is 12.1 Å². The quantitative estimate of drug-likeness (QED) is 0.623. The minimum Gasteiger partial charge on any atom is -0.378 e. The third kappa shape index (κ3) is 4.25. The Labute approximate surface area is 169 Å². The lowest BCUT2D eigenvalue weighted by molar-refractivity contribution is 0.0841. The molecule has 9 nitrogen and oxygen atoms in total. The molecule has 1 aliphatic heterocycles. The SMILES string of the molecule is O=C(NNC(=O)c1ccn(-c2ccccc2F)n1)c1csc(N2CCOCC2)n1. The van der Waals surface area contributed by atoms with Gasteiger partial charge in [0.05, 0.1) is 13.2 Å². The largest absolute Gasteiger partial charge is 0.378 e. The van der Waals surface area contributed by atoms with Crippen molar-refractivity contribution in [3.8, 4) is 5.69 Å². The second-order valence-electron chi connectivity index (χ2n) is 6.12. The van der Waals surface area contributed by atoms with E-state index < -0.39 is 17.6 Å². The lowest BCUT2D eigenvalue weighted by Crippen LogP contribution is -2.42. The van der Waals surface area contributed by atoms with Gasteiger partial charge in [0.2, 0.25) is 0 Å². The van der Waals surface area contributed by atoms with Crippen molar-refractivity contribution < 1.29 is 18.7 Å². The molecule has 150 valence electrons. The van der Waals surface area contributed by atoms with Gasteiger partial charge in [-0.15, -0.1) is 11.3 Å². The van der Waals surface area contributed by atoms with Crippen LogP contribution in [0.4, 0.5) is 9.52 Å². The first-order valence-corrected chi connectivity index (χ1v) is 9.69. The Balaban J connectivity index is 1.36. The summed E-state index contributed by atoms with van der Waals surface area (Å²) in [5.41, 5.74) is 5.05. The fourth-order valence-electron chi connectivity index (χ4n) is 2.73. The van der Waals surface area contributed by atoms with E-state index in [0.29, 0.717) is 13.2 Å². The van der Waals surface area contributed by atoms with Gasteiger partial charge in [0.15, 0.2) is 10.8 Å². The van der Waals surface area contributed by atoms with Gasteiger partial charge in [-0.05, 0) is 18.2 Å². The van der Waals surface area contributed by atoms with Crippen LogP contribution < -0.4 is 15.8 Å². The molecular formula is C18H17FN6O3S. The number of carbonyl (C=O) groups excluding carboxylic acids is 2. The van der Waals surface area contributed by atoms with Crippen molar-refractivity contribution in [3.63, 3.8) is 0 Å². The number of hydrogen-bond donors (Lipinski definition) is 2. The first-order valence-electron chi connectivity index (χ1n) is 8.81. The smallest absolute Gasteiger partial charge is 0.290 e. The number of aromatic nitrogens is 3. The van der Waals surface area contributed by atoms with Crippen molar-refractivity contribution in [1.29, 1.82) is 0 Å². The van der Waals surface area contributed by atoms with Crippen LogP contribution in [0, 0.1) is 5.82 Å². The number of morpholine rings is 1. The fourth-order valence-corrected chi connectivity index (χ4v) is 3.59. The molecule has 1 aliphatic rings. The van der Waals surface area contributed by atoms with E-state index in [9.17, 15) is 14.0 Å². The average molecular weight is 416 g/mol. The fraction of sp³-hybridized carbons (Fsp3) is 0.222. The highest BCUT2D eigenvalue weighted by molar-refractivity contribution is 7.13. The molecule has 2 N–H and O–H groups in total. The summed E-state index contributed by atoms with van der Waals surface area (Å²) in [6, 6.07) is 7.50. The highest BCUT2D eigenvalue weighted by Gasteiger charge is 2.18. The third-order valence-corrected chi connectivity index (χ3v) is 5.12. The van der Waals surface area contributed by atoms with Crippen LogP contribution in [0.15, 0.2) is 41.9 Å². The van der Waals surface area contributed by atoms with Crippen LogP contribution in [0.2, 0.25) is 0 Å². The molecule has 0 spiro atoms. The second-order valence-corrected chi connectivity index (χ2v) is 6.96. The van der Waals surface area contributed by atoms with Crippen LogP contribution in [0.25, 0.3) is 5.69 Å². The molecule has 0 atom stereocenters. The zero-order valence-electron chi connectivity index (χ0n) is 15.2. The van der Waals surface area contributed by atoms with E-state index in [1.54, 1.807) is 23.6 Å². The number of nitrogens with one attached hydrogen (secondary N) is 2.